The van der Waals surface area contributed by atoms with E-state index >= 15 is 0 Å². The number of aryl methyl sites for hydroxylation is 1. The van der Waals surface area contributed by atoms with E-state index in [-0.39, 0.29) is 0 Å². The monoisotopic (exact) mass is 220 g/mol. The molecule has 1 aromatic rings. The van der Waals surface area contributed by atoms with Gasteiger partial charge in [0.25, 0.3) is 0 Å². The molecule has 0 aliphatic heterocycles. The van der Waals surface area contributed by atoms with Gasteiger partial charge in [0.1, 0.15) is 5.82 Å². The van der Waals surface area contributed by atoms with Gasteiger partial charge in [-0.2, -0.15) is 4.98 Å². The van der Waals surface area contributed by atoms with Gasteiger partial charge in [0.15, 0.2) is 0 Å². The standard InChI is InChI=1S/C12H20N4/c1-9-8-14-12(13-2)15-11(9)16(3)10-6-4-5-7-10/h8,10H,4-7H2,1-3H3,(H,13,14,15). The van der Waals surface area contributed by atoms with Crippen molar-refractivity contribution in [2.75, 3.05) is 24.3 Å². The molecule has 1 aliphatic rings. The van der Waals surface area contributed by atoms with Gasteiger partial charge in [0, 0.05) is 31.9 Å². The smallest absolute Gasteiger partial charge is 0.224 e. The molecule has 1 heterocycles. The largest absolute Gasteiger partial charge is 0.357 e. The highest BCUT2D eigenvalue weighted by Gasteiger charge is 2.22. The summed E-state index contributed by atoms with van der Waals surface area (Å²) < 4.78 is 0. The number of nitrogens with one attached hydrogen (secondary N) is 1. The zero-order valence-electron chi connectivity index (χ0n) is 10.3. The second kappa shape index (κ2) is 4.68. The minimum atomic E-state index is 0.651. The van der Waals surface area contributed by atoms with E-state index in [9.17, 15) is 0 Å². The molecule has 0 bridgehead atoms. The van der Waals surface area contributed by atoms with E-state index in [1.165, 1.54) is 25.7 Å². The lowest BCUT2D eigenvalue weighted by molar-refractivity contribution is 0.644. The molecule has 0 saturated heterocycles. The third-order valence-electron chi connectivity index (χ3n) is 3.38. The third kappa shape index (κ3) is 2.10. The minimum absolute atomic E-state index is 0.651. The van der Waals surface area contributed by atoms with Crippen LogP contribution < -0.4 is 10.2 Å². The molecule has 0 atom stereocenters. The van der Waals surface area contributed by atoms with Gasteiger partial charge in [-0.3, -0.25) is 0 Å². The summed E-state index contributed by atoms with van der Waals surface area (Å²) in [5.74, 6) is 1.76. The van der Waals surface area contributed by atoms with Gasteiger partial charge < -0.3 is 10.2 Å². The summed E-state index contributed by atoms with van der Waals surface area (Å²) in [6.45, 7) is 2.07. The third-order valence-corrected chi connectivity index (χ3v) is 3.38. The fraction of sp³-hybridized carbons (Fsp3) is 0.667. The number of nitrogens with zero attached hydrogens (tertiary/aromatic N) is 3. The SMILES string of the molecule is CNc1ncc(C)c(N(C)C2CCCC2)n1. The van der Waals surface area contributed by atoms with Crippen LogP contribution in [0.3, 0.4) is 0 Å². The maximum atomic E-state index is 4.54. The van der Waals surface area contributed by atoms with Gasteiger partial charge >= 0.3 is 0 Å². The van der Waals surface area contributed by atoms with Crippen molar-refractivity contribution in [3.8, 4) is 0 Å². The summed E-state index contributed by atoms with van der Waals surface area (Å²) in [7, 11) is 3.99. The Balaban J connectivity index is 2.23. The lowest BCUT2D eigenvalue weighted by Gasteiger charge is -2.26. The summed E-state index contributed by atoms with van der Waals surface area (Å²) in [4.78, 5) is 11.1. The van der Waals surface area contributed by atoms with E-state index in [1.54, 1.807) is 0 Å². The van der Waals surface area contributed by atoms with Crippen LogP contribution in [0.4, 0.5) is 11.8 Å². The predicted octanol–water partition coefficient (Wildman–Crippen LogP) is 2.21. The van der Waals surface area contributed by atoms with E-state index in [4.69, 9.17) is 0 Å². The highest BCUT2D eigenvalue weighted by atomic mass is 15.2. The van der Waals surface area contributed by atoms with Crippen molar-refractivity contribution in [2.24, 2.45) is 0 Å². The zero-order chi connectivity index (χ0) is 11.5. The van der Waals surface area contributed by atoms with E-state index in [1.807, 2.05) is 13.2 Å². The average molecular weight is 220 g/mol. The number of hydrogen-bond acceptors (Lipinski definition) is 4. The first-order chi connectivity index (χ1) is 7.72. The Kier molecular flexibility index (Phi) is 3.27. The second-order valence-electron chi connectivity index (χ2n) is 4.50. The predicted molar refractivity (Wildman–Crippen MR) is 67.0 cm³/mol. The van der Waals surface area contributed by atoms with Gasteiger partial charge in [-0.05, 0) is 19.8 Å². The molecule has 88 valence electrons. The van der Waals surface area contributed by atoms with E-state index in [0.717, 1.165) is 11.4 Å². The van der Waals surface area contributed by atoms with Crippen molar-refractivity contribution >= 4 is 11.8 Å². The highest BCUT2D eigenvalue weighted by molar-refractivity contribution is 5.49. The van der Waals surface area contributed by atoms with Crippen LogP contribution in [0, 0.1) is 6.92 Å². The van der Waals surface area contributed by atoms with E-state index in [2.05, 4.69) is 34.2 Å². The number of hydrogen-bond donors (Lipinski definition) is 1. The van der Waals surface area contributed by atoms with Crippen LogP contribution in [-0.4, -0.2) is 30.1 Å². The summed E-state index contributed by atoms with van der Waals surface area (Å²) in [5.41, 5.74) is 1.15. The highest BCUT2D eigenvalue weighted by Crippen LogP contribution is 2.27. The Morgan fingerprint density at radius 3 is 2.69 bits per heavy atom. The molecule has 4 heteroatoms. The maximum absolute atomic E-state index is 4.54. The first-order valence-electron chi connectivity index (χ1n) is 5.96. The molecule has 1 aromatic heterocycles. The van der Waals surface area contributed by atoms with Gasteiger partial charge in [0.2, 0.25) is 5.95 Å². The first-order valence-corrected chi connectivity index (χ1v) is 5.96. The molecule has 0 amide bonds. The summed E-state index contributed by atoms with van der Waals surface area (Å²) >= 11 is 0. The lowest BCUT2D eigenvalue weighted by atomic mass is 10.2. The molecule has 1 N–H and O–H groups in total. The van der Waals surface area contributed by atoms with Crippen LogP contribution in [-0.2, 0) is 0 Å². The van der Waals surface area contributed by atoms with Crippen molar-refractivity contribution in [3.63, 3.8) is 0 Å². The summed E-state index contributed by atoms with van der Waals surface area (Å²) in [6.07, 6.45) is 7.15. The van der Waals surface area contributed by atoms with E-state index in [0.29, 0.717) is 12.0 Å². The first kappa shape index (κ1) is 11.2. The fourth-order valence-corrected chi connectivity index (χ4v) is 2.38. The quantitative estimate of drug-likeness (QED) is 0.848. The Morgan fingerprint density at radius 2 is 2.06 bits per heavy atom. The average Bonchev–Trinajstić information content (AvgIpc) is 2.82. The molecule has 0 unspecified atom stereocenters. The maximum Gasteiger partial charge on any atom is 0.224 e. The van der Waals surface area contributed by atoms with Crippen LogP contribution in [0.25, 0.3) is 0 Å². The van der Waals surface area contributed by atoms with Crippen molar-refractivity contribution in [1.29, 1.82) is 0 Å². The molecular weight excluding hydrogens is 200 g/mol. The summed E-state index contributed by atoms with van der Waals surface area (Å²) in [5, 5.41) is 2.99. The minimum Gasteiger partial charge on any atom is -0.357 e. The Hall–Kier alpha value is -1.32. The van der Waals surface area contributed by atoms with Crippen molar-refractivity contribution in [1.82, 2.24) is 9.97 Å². The fourth-order valence-electron chi connectivity index (χ4n) is 2.38. The molecule has 1 saturated carbocycles. The van der Waals surface area contributed by atoms with Gasteiger partial charge in [-0.25, -0.2) is 4.98 Å². The molecule has 1 aliphatic carbocycles. The van der Waals surface area contributed by atoms with Crippen LogP contribution in [0.2, 0.25) is 0 Å². The van der Waals surface area contributed by atoms with Crippen LogP contribution in [0.1, 0.15) is 31.2 Å². The summed E-state index contributed by atoms with van der Waals surface area (Å²) in [6, 6.07) is 0.651. The topological polar surface area (TPSA) is 41.1 Å². The van der Waals surface area contributed by atoms with Crippen molar-refractivity contribution in [2.45, 2.75) is 38.6 Å². The molecule has 0 radical (unpaired) electrons. The lowest BCUT2D eigenvalue weighted by Crippen LogP contribution is -2.30. The molecular formula is C12H20N4. The van der Waals surface area contributed by atoms with Gasteiger partial charge in [0.05, 0.1) is 0 Å². The Morgan fingerprint density at radius 1 is 1.38 bits per heavy atom. The molecule has 1 fully saturated rings. The second-order valence-corrected chi connectivity index (χ2v) is 4.50. The Bertz CT molecular complexity index is 358. The van der Waals surface area contributed by atoms with E-state index < -0.39 is 0 Å². The van der Waals surface area contributed by atoms with Gasteiger partial charge in [-0.1, -0.05) is 12.8 Å². The molecule has 0 aromatic carbocycles. The molecule has 16 heavy (non-hydrogen) atoms. The number of anilines is 2. The van der Waals surface area contributed by atoms with Crippen molar-refractivity contribution < 1.29 is 0 Å². The Labute approximate surface area is 97.1 Å². The zero-order valence-corrected chi connectivity index (χ0v) is 10.3. The molecule has 4 nitrogen and oxygen atoms in total. The normalized spacial score (nSPS) is 16.4. The van der Waals surface area contributed by atoms with Crippen LogP contribution in [0.5, 0.6) is 0 Å². The van der Waals surface area contributed by atoms with Crippen LogP contribution >= 0.6 is 0 Å². The molecule has 0 spiro atoms. The van der Waals surface area contributed by atoms with Crippen LogP contribution in [0.15, 0.2) is 6.20 Å². The number of aromatic nitrogens is 2. The van der Waals surface area contributed by atoms with Gasteiger partial charge in [-0.15, -0.1) is 0 Å². The van der Waals surface area contributed by atoms with Crippen molar-refractivity contribution in [3.05, 3.63) is 11.8 Å². The molecule has 2 rings (SSSR count). The number of rotatable bonds is 3.